The highest BCUT2D eigenvalue weighted by Gasteiger charge is 2.43. The number of aromatic nitrogens is 2. The Kier molecular flexibility index (Phi) is 6.86. The fraction of sp³-hybridized carbons (Fsp3) is 0.385. The second kappa shape index (κ2) is 9.93. The number of ether oxygens (including phenoxy) is 2. The van der Waals surface area contributed by atoms with Crippen LogP contribution in [0.4, 0.5) is 14.7 Å². The van der Waals surface area contributed by atoms with E-state index < -0.39 is 34.1 Å². The van der Waals surface area contributed by atoms with Crippen LogP contribution in [0.15, 0.2) is 53.7 Å². The monoisotopic (exact) mass is 517 g/mol. The fourth-order valence-corrected chi connectivity index (χ4v) is 5.48. The molecular formula is C26H29F2N3O4S. The number of rotatable bonds is 6. The SMILES string of the molecule is CCc1cnc(N2CC3COCC(C2)C3Oc2c(F)cc(-c3ccc(S(C)(O)O)cc3)cc2F)nc1. The molecule has 2 saturated heterocycles. The Morgan fingerprint density at radius 2 is 1.58 bits per heavy atom. The maximum Gasteiger partial charge on any atom is 0.225 e. The Labute approximate surface area is 210 Å². The molecule has 3 heterocycles. The minimum absolute atomic E-state index is 0.0910. The molecule has 2 bridgehead atoms. The van der Waals surface area contributed by atoms with E-state index in [-0.39, 0.29) is 11.8 Å². The third kappa shape index (κ3) is 5.04. The molecular weight excluding hydrogens is 488 g/mol. The van der Waals surface area contributed by atoms with E-state index in [1.54, 1.807) is 24.3 Å². The topological polar surface area (TPSA) is 87.9 Å². The minimum Gasteiger partial charge on any atom is -0.483 e. The van der Waals surface area contributed by atoms with Crippen molar-refractivity contribution in [2.75, 3.05) is 37.5 Å². The number of aryl methyl sites for hydroxylation is 1. The first-order chi connectivity index (χ1) is 17.2. The van der Waals surface area contributed by atoms with Crippen molar-refractivity contribution in [3.05, 3.63) is 66.0 Å². The van der Waals surface area contributed by atoms with Crippen LogP contribution >= 0.6 is 10.6 Å². The Balaban J connectivity index is 1.34. The molecule has 36 heavy (non-hydrogen) atoms. The van der Waals surface area contributed by atoms with Crippen LogP contribution in [-0.2, 0) is 11.2 Å². The van der Waals surface area contributed by atoms with Gasteiger partial charge in [0.15, 0.2) is 17.4 Å². The minimum atomic E-state index is -2.86. The normalized spacial score (nSPS) is 22.4. The summed E-state index contributed by atoms with van der Waals surface area (Å²) in [6.07, 6.45) is 5.44. The van der Waals surface area contributed by atoms with Gasteiger partial charge < -0.3 is 14.4 Å². The summed E-state index contributed by atoms with van der Waals surface area (Å²) in [6.45, 7) is 4.03. The first-order valence-corrected chi connectivity index (χ1v) is 13.8. The summed E-state index contributed by atoms with van der Waals surface area (Å²) in [4.78, 5) is 11.4. The zero-order valence-electron chi connectivity index (χ0n) is 20.1. The van der Waals surface area contributed by atoms with Crippen molar-refractivity contribution >= 4 is 16.5 Å². The van der Waals surface area contributed by atoms with Gasteiger partial charge in [0.05, 0.1) is 18.1 Å². The zero-order chi connectivity index (χ0) is 25.4. The van der Waals surface area contributed by atoms with Gasteiger partial charge in [0.2, 0.25) is 5.95 Å². The third-order valence-corrected chi connectivity index (χ3v) is 7.94. The van der Waals surface area contributed by atoms with Crippen molar-refractivity contribution in [3.63, 3.8) is 0 Å². The molecule has 0 saturated carbocycles. The average Bonchev–Trinajstić information content (AvgIpc) is 2.85. The Morgan fingerprint density at radius 3 is 2.11 bits per heavy atom. The van der Waals surface area contributed by atoms with Crippen LogP contribution in [0.1, 0.15) is 12.5 Å². The van der Waals surface area contributed by atoms with Gasteiger partial charge in [-0.1, -0.05) is 19.1 Å². The Hall–Kier alpha value is -2.79. The first kappa shape index (κ1) is 24.9. The van der Waals surface area contributed by atoms with Gasteiger partial charge in [-0.3, -0.25) is 9.11 Å². The zero-order valence-corrected chi connectivity index (χ0v) is 20.9. The molecule has 0 spiro atoms. The first-order valence-electron chi connectivity index (χ1n) is 11.9. The molecule has 2 atom stereocenters. The summed E-state index contributed by atoms with van der Waals surface area (Å²) in [6, 6.07) is 8.77. The largest absolute Gasteiger partial charge is 0.483 e. The highest BCUT2D eigenvalue weighted by molar-refractivity contribution is 8.23. The summed E-state index contributed by atoms with van der Waals surface area (Å²) >= 11 is 0. The van der Waals surface area contributed by atoms with Crippen LogP contribution in [-0.4, -0.2) is 57.7 Å². The second-order valence-corrected chi connectivity index (χ2v) is 11.6. The summed E-state index contributed by atoms with van der Waals surface area (Å²) in [5, 5.41) is 0. The highest BCUT2D eigenvalue weighted by atomic mass is 32.3. The quantitative estimate of drug-likeness (QED) is 0.462. The number of benzene rings is 2. The van der Waals surface area contributed by atoms with E-state index in [2.05, 4.69) is 14.9 Å². The lowest BCUT2D eigenvalue weighted by atomic mass is 9.84. The van der Waals surface area contributed by atoms with Crippen molar-refractivity contribution in [1.29, 1.82) is 0 Å². The molecule has 10 heteroatoms. The van der Waals surface area contributed by atoms with Crippen LogP contribution < -0.4 is 9.64 Å². The number of hydrogen-bond acceptors (Lipinski definition) is 7. The van der Waals surface area contributed by atoms with Gasteiger partial charge >= 0.3 is 0 Å². The van der Waals surface area contributed by atoms with Crippen LogP contribution in [0.5, 0.6) is 5.75 Å². The molecule has 2 unspecified atom stereocenters. The molecule has 2 N–H and O–H groups in total. The lowest BCUT2D eigenvalue weighted by Gasteiger charge is -2.46. The van der Waals surface area contributed by atoms with E-state index >= 15 is 8.78 Å². The van der Waals surface area contributed by atoms with Gasteiger partial charge in [0.25, 0.3) is 0 Å². The number of piperidine rings is 1. The molecule has 7 nitrogen and oxygen atoms in total. The van der Waals surface area contributed by atoms with Gasteiger partial charge in [0.1, 0.15) is 6.10 Å². The Morgan fingerprint density at radius 1 is 1.00 bits per heavy atom. The maximum absolute atomic E-state index is 15.1. The maximum atomic E-state index is 15.1. The third-order valence-electron chi connectivity index (χ3n) is 6.77. The molecule has 5 rings (SSSR count). The van der Waals surface area contributed by atoms with Gasteiger partial charge in [-0.05, 0) is 47.4 Å². The summed E-state index contributed by atoms with van der Waals surface area (Å²) in [5.74, 6) is -1.50. The molecule has 3 aromatic rings. The Bertz CT molecular complexity index is 1180. The molecule has 0 radical (unpaired) electrons. The van der Waals surface area contributed by atoms with Gasteiger partial charge in [-0.15, -0.1) is 0 Å². The van der Waals surface area contributed by atoms with Crippen molar-refractivity contribution in [2.45, 2.75) is 24.3 Å². The summed E-state index contributed by atoms with van der Waals surface area (Å²) in [7, 11) is -2.86. The number of hydrogen-bond donors (Lipinski definition) is 2. The summed E-state index contributed by atoms with van der Waals surface area (Å²) in [5.41, 5.74) is 1.95. The smallest absolute Gasteiger partial charge is 0.225 e. The number of nitrogens with zero attached hydrogens (tertiary/aromatic N) is 3. The molecule has 192 valence electrons. The van der Waals surface area contributed by atoms with Crippen molar-refractivity contribution in [3.8, 4) is 16.9 Å². The molecule has 2 fully saturated rings. The average molecular weight is 518 g/mol. The lowest BCUT2D eigenvalue weighted by molar-refractivity contribution is -0.0777. The lowest BCUT2D eigenvalue weighted by Crippen LogP contribution is -2.58. The fourth-order valence-electron chi connectivity index (χ4n) is 4.83. The van der Waals surface area contributed by atoms with Crippen LogP contribution in [0.3, 0.4) is 0 Å². The van der Waals surface area contributed by atoms with E-state index in [0.717, 1.165) is 12.0 Å². The summed E-state index contributed by atoms with van der Waals surface area (Å²) < 4.78 is 61.5. The predicted molar refractivity (Wildman–Crippen MR) is 135 cm³/mol. The molecule has 1 aromatic heterocycles. The van der Waals surface area contributed by atoms with Crippen molar-refractivity contribution in [2.24, 2.45) is 11.8 Å². The second-order valence-electron chi connectivity index (χ2n) is 9.42. The van der Waals surface area contributed by atoms with Crippen LogP contribution in [0.25, 0.3) is 11.1 Å². The number of anilines is 1. The molecule has 2 aliphatic heterocycles. The molecule has 2 aliphatic rings. The van der Waals surface area contributed by atoms with Gasteiger partial charge in [0, 0.05) is 43.6 Å². The molecule has 2 aromatic carbocycles. The van der Waals surface area contributed by atoms with Gasteiger partial charge in [-0.2, -0.15) is 10.6 Å². The van der Waals surface area contributed by atoms with Crippen LogP contribution in [0, 0.1) is 23.5 Å². The number of fused-ring (bicyclic) bond motifs is 2. The van der Waals surface area contributed by atoms with E-state index in [9.17, 15) is 9.11 Å². The predicted octanol–water partition coefficient (Wildman–Crippen LogP) is 5.25. The molecule has 0 amide bonds. The molecule has 0 aliphatic carbocycles. The standard InChI is InChI=1S/C26H29F2N3O4S/c1-3-16-10-29-26(30-11-16)31-12-19-14-34-15-20(13-31)24(19)35-25-22(27)8-18(9-23(25)28)17-4-6-21(7-5-17)36(2,32)33/h4-11,19-20,24,32-33H,3,12-15H2,1-2H3. The van der Waals surface area contributed by atoms with E-state index in [0.29, 0.717) is 48.3 Å². The van der Waals surface area contributed by atoms with Crippen LogP contribution in [0.2, 0.25) is 0 Å². The number of halogens is 2. The van der Waals surface area contributed by atoms with E-state index in [4.69, 9.17) is 9.47 Å². The van der Waals surface area contributed by atoms with Crippen molar-refractivity contribution < 1.29 is 27.4 Å². The van der Waals surface area contributed by atoms with E-state index in [1.807, 2.05) is 19.3 Å². The van der Waals surface area contributed by atoms with Crippen molar-refractivity contribution in [1.82, 2.24) is 9.97 Å². The highest BCUT2D eigenvalue weighted by Crippen LogP contribution is 2.44. The van der Waals surface area contributed by atoms with E-state index in [1.165, 1.54) is 18.4 Å². The van der Waals surface area contributed by atoms with Gasteiger partial charge in [-0.25, -0.2) is 18.7 Å².